The summed E-state index contributed by atoms with van der Waals surface area (Å²) in [5, 5.41) is 19.7. The molecule has 0 fully saturated rings. The van der Waals surface area contributed by atoms with Gasteiger partial charge in [0.1, 0.15) is 0 Å². The highest BCUT2D eigenvalue weighted by Gasteiger charge is 2.19. The fourth-order valence-corrected chi connectivity index (χ4v) is 4.36. The summed E-state index contributed by atoms with van der Waals surface area (Å²) >= 11 is 1.41. The molecule has 1 aromatic heterocycles. The number of hydrogen-bond donors (Lipinski definition) is 2. The molecule has 0 bridgehead atoms. The monoisotopic (exact) mass is 426 g/mol. The molecule has 0 aliphatic heterocycles. The molecule has 148 valence electrons. The van der Waals surface area contributed by atoms with E-state index < -0.39 is 21.2 Å². The molecule has 2 N–H and O–H groups in total. The van der Waals surface area contributed by atoms with Crippen LogP contribution in [0.4, 0.5) is 5.69 Å². The molecule has 0 saturated carbocycles. The SMILES string of the molecule is CC(C)S(=O)(=O)Nc1ccsc1-c1ccc(-c2ccc(C#N)cc2C(=O)O)cc1. The first-order valence-electron chi connectivity index (χ1n) is 8.70. The maximum absolute atomic E-state index is 12.2. The van der Waals surface area contributed by atoms with Crippen LogP contribution in [0.1, 0.15) is 29.8 Å². The van der Waals surface area contributed by atoms with Crippen molar-refractivity contribution in [2.75, 3.05) is 4.72 Å². The van der Waals surface area contributed by atoms with Crippen LogP contribution >= 0.6 is 11.3 Å². The number of rotatable bonds is 6. The van der Waals surface area contributed by atoms with E-state index in [2.05, 4.69) is 4.72 Å². The summed E-state index contributed by atoms with van der Waals surface area (Å²) < 4.78 is 27.0. The Hall–Kier alpha value is -3.15. The molecule has 2 aromatic carbocycles. The third-order valence-corrected chi connectivity index (χ3v) is 7.08. The molecule has 0 radical (unpaired) electrons. The van der Waals surface area contributed by atoms with Gasteiger partial charge in [-0.1, -0.05) is 30.3 Å². The van der Waals surface area contributed by atoms with E-state index in [4.69, 9.17) is 5.26 Å². The van der Waals surface area contributed by atoms with Gasteiger partial charge >= 0.3 is 5.97 Å². The lowest BCUT2D eigenvalue weighted by Crippen LogP contribution is -2.22. The largest absolute Gasteiger partial charge is 0.478 e. The first-order chi connectivity index (χ1) is 13.7. The fraction of sp³-hybridized carbons (Fsp3) is 0.143. The highest BCUT2D eigenvalue weighted by Crippen LogP contribution is 2.36. The minimum Gasteiger partial charge on any atom is -0.478 e. The molecule has 0 amide bonds. The number of carboxylic acid groups (broad SMARTS) is 1. The van der Waals surface area contributed by atoms with E-state index in [0.717, 1.165) is 10.4 Å². The Morgan fingerprint density at radius 1 is 1.10 bits per heavy atom. The average Bonchev–Trinajstić information content (AvgIpc) is 3.14. The summed E-state index contributed by atoms with van der Waals surface area (Å²) in [6.07, 6.45) is 0. The van der Waals surface area contributed by atoms with Crippen molar-refractivity contribution in [1.82, 2.24) is 0 Å². The number of carbonyl (C=O) groups is 1. The predicted molar refractivity (Wildman–Crippen MR) is 115 cm³/mol. The zero-order valence-electron chi connectivity index (χ0n) is 15.7. The third kappa shape index (κ3) is 4.31. The lowest BCUT2D eigenvalue weighted by Gasteiger charge is -2.12. The Balaban J connectivity index is 1.97. The van der Waals surface area contributed by atoms with Gasteiger partial charge in [0.25, 0.3) is 0 Å². The number of thiophene rings is 1. The molecule has 3 rings (SSSR count). The van der Waals surface area contributed by atoms with Crippen LogP contribution in [-0.4, -0.2) is 24.7 Å². The van der Waals surface area contributed by atoms with E-state index in [-0.39, 0.29) is 11.1 Å². The minimum absolute atomic E-state index is 0.0540. The van der Waals surface area contributed by atoms with Crippen molar-refractivity contribution in [2.45, 2.75) is 19.1 Å². The van der Waals surface area contributed by atoms with Crippen LogP contribution in [0.2, 0.25) is 0 Å². The first-order valence-corrected chi connectivity index (χ1v) is 11.1. The van der Waals surface area contributed by atoms with Crippen molar-refractivity contribution in [3.05, 3.63) is 65.0 Å². The van der Waals surface area contributed by atoms with E-state index in [0.29, 0.717) is 16.8 Å². The fourth-order valence-electron chi connectivity index (χ4n) is 2.73. The molecule has 0 aliphatic carbocycles. The van der Waals surface area contributed by atoms with Crippen molar-refractivity contribution in [3.8, 4) is 27.6 Å². The number of nitriles is 1. The molecular formula is C21H18N2O4S2. The van der Waals surface area contributed by atoms with E-state index in [1.165, 1.54) is 17.4 Å². The second-order valence-electron chi connectivity index (χ2n) is 6.61. The normalized spacial score (nSPS) is 11.2. The van der Waals surface area contributed by atoms with Gasteiger partial charge in [0.15, 0.2) is 0 Å². The van der Waals surface area contributed by atoms with E-state index in [1.54, 1.807) is 44.2 Å². The highest BCUT2D eigenvalue weighted by molar-refractivity contribution is 7.93. The second-order valence-corrected chi connectivity index (χ2v) is 9.77. The molecule has 6 nitrogen and oxygen atoms in total. The van der Waals surface area contributed by atoms with Gasteiger partial charge in [-0.3, -0.25) is 4.72 Å². The summed E-state index contributed by atoms with van der Waals surface area (Å²) in [6, 6.07) is 15.4. The molecule has 0 atom stereocenters. The summed E-state index contributed by atoms with van der Waals surface area (Å²) in [7, 11) is -3.46. The third-order valence-electron chi connectivity index (χ3n) is 4.38. The quantitative estimate of drug-likeness (QED) is 0.589. The maximum atomic E-state index is 12.2. The number of benzene rings is 2. The molecule has 3 aromatic rings. The van der Waals surface area contributed by atoms with Crippen molar-refractivity contribution < 1.29 is 18.3 Å². The maximum Gasteiger partial charge on any atom is 0.336 e. The Bertz CT molecular complexity index is 1200. The molecular weight excluding hydrogens is 408 g/mol. The number of carboxylic acids is 1. The van der Waals surface area contributed by atoms with Gasteiger partial charge in [-0.25, -0.2) is 13.2 Å². The van der Waals surface area contributed by atoms with E-state index in [1.807, 2.05) is 23.6 Å². The van der Waals surface area contributed by atoms with Crippen molar-refractivity contribution in [2.24, 2.45) is 0 Å². The Morgan fingerprint density at radius 2 is 1.76 bits per heavy atom. The smallest absolute Gasteiger partial charge is 0.336 e. The van der Waals surface area contributed by atoms with Crippen molar-refractivity contribution in [3.63, 3.8) is 0 Å². The summed E-state index contributed by atoms with van der Waals surface area (Å²) in [4.78, 5) is 12.4. The molecule has 8 heteroatoms. The van der Waals surface area contributed by atoms with Crippen LogP contribution in [0, 0.1) is 11.3 Å². The van der Waals surface area contributed by atoms with Crippen LogP contribution < -0.4 is 4.72 Å². The van der Waals surface area contributed by atoms with Crippen LogP contribution in [0.3, 0.4) is 0 Å². The van der Waals surface area contributed by atoms with Gasteiger partial charge in [-0.05, 0) is 54.1 Å². The van der Waals surface area contributed by atoms with Crippen LogP contribution in [0.25, 0.3) is 21.6 Å². The van der Waals surface area contributed by atoms with Crippen molar-refractivity contribution >= 4 is 33.0 Å². The topological polar surface area (TPSA) is 107 Å². The Kier molecular flexibility index (Phi) is 5.73. The zero-order valence-corrected chi connectivity index (χ0v) is 17.3. The molecule has 0 spiro atoms. The van der Waals surface area contributed by atoms with Crippen LogP contribution in [-0.2, 0) is 10.0 Å². The lowest BCUT2D eigenvalue weighted by atomic mass is 9.96. The van der Waals surface area contributed by atoms with Crippen LogP contribution in [0.5, 0.6) is 0 Å². The molecule has 0 aliphatic rings. The molecule has 1 heterocycles. The molecule has 0 unspecified atom stereocenters. The number of anilines is 1. The first kappa shape index (κ1) is 20.6. The predicted octanol–water partition coefficient (Wildman–Crippen LogP) is 4.80. The van der Waals surface area contributed by atoms with Crippen LogP contribution in [0.15, 0.2) is 53.9 Å². The van der Waals surface area contributed by atoms with Gasteiger partial charge < -0.3 is 5.11 Å². The molecule has 0 saturated heterocycles. The molecule has 29 heavy (non-hydrogen) atoms. The summed E-state index contributed by atoms with van der Waals surface area (Å²) in [5.41, 5.74) is 2.87. The van der Waals surface area contributed by atoms with E-state index in [9.17, 15) is 18.3 Å². The van der Waals surface area contributed by atoms with Gasteiger partial charge in [0, 0.05) is 0 Å². The standard InChI is InChI=1S/C21H18N2O4S2/c1-13(2)29(26,27)23-19-9-10-28-20(19)16-6-4-15(5-7-16)17-8-3-14(12-22)11-18(17)21(24)25/h3-11,13,23H,1-2H3,(H,24,25). The van der Waals surface area contributed by atoms with E-state index >= 15 is 0 Å². The van der Waals surface area contributed by atoms with Gasteiger partial charge in [-0.2, -0.15) is 5.26 Å². The lowest BCUT2D eigenvalue weighted by molar-refractivity contribution is 0.0697. The zero-order chi connectivity index (χ0) is 21.2. The van der Waals surface area contributed by atoms with Gasteiger partial charge in [0.2, 0.25) is 10.0 Å². The number of sulfonamides is 1. The Labute approximate surface area is 173 Å². The highest BCUT2D eigenvalue weighted by atomic mass is 32.2. The number of hydrogen-bond acceptors (Lipinski definition) is 5. The second kappa shape index (κ2) is 8.07. The number of aromatic carboxylic acids is 1. The summed E-state index contributed by atoms with van der Waals surface area (Å²) in [6.45, 7) is 3.22. The van der Waals surface area contributed by atoms with Gasteiger partial charge in [0.05, 0.1) is 33.0 Å². The Morgan fingerprint density at radius 3 is 2.34 bits per heavy atom. The minimum atomic E-state index is -3.46. The van der Waals surface area contributed by atoms with Crippen molar-refractivity contribution in [1.29, 1.82) is 5.26 Å². The average molecular weight is 427 g/mol. The number of nitrogens with one attached hydrogen (secondary N) is 1. The number of nitrogens with zero attached hydrogens (tertiary/aromatic N) is 1. The van der Waals surface area contributed by atoms with Gasteiger partial charge in [-0.15, -0.1) is 11.3 Å². The summed E-state index contributed by atoms with van der Waals surface area (Å²) in [5.74, 6) is -1.11.